The monoisotopic (exact) mass is 599 g/mol. The van der Waals surface area contributed by atoms with Gasteiger partial charge in [-0.1, -0.05) is 69.6 Å². The van der Waals surface area contributed by atoms with Crippen LogP contribution < -0.4 is 5.32 Å². The number of halogens is 1. The summed E-state index contributed by atoms with van der Waals surface area (Å²) in [6, 6.07) is 23.8. The van der Waals surface area contributed by atoms with Gasteiger partial charge in [0.2, 0.25) is 11.7 Å². The third-order valence-corrected chi connectivity index (χ3v) is 7.70. The minimum Gasteiger partial charge on any atom is -0.451 e. The number of likely N-dealkylation sites (tertiary alicyclic amines) is 1. The van der Waals surface area contributed by atoms with E-state index >= 15 is 0 Å². The molecule has 0 aliphatic carbocycles. The van der Waals surface area contributed by atoms with Gasteiger partial charge in [0.25, 0.3) is 5.91 Å². The first-order valence-corrected chi connectivity index (χ1v) is 13.8. The molecule has 1 aliphatic heterocycles. The summed E-state index contributed by atoms with van der Waals surface area (Å²) in [5.41, 5.74) is 2.91. The number of amides is 3. The number of aromatic nitrogens is 2. The molecule has 1 N–H and O–H groups in total. The van der Waals surface area contributed by atoms with Crippen molar-refractivity contribution in [3.8, 4) is 11.4 Å². The van der Waals surface area contributed by atoms with Crippen molar-refractivity contribution in [2.24, 2.45) is 0 Å². The van der Waals surface area contributed by atoms with Crippen molar-refractivity contribution in [3.63, 3.8) is 0 Å². The summed E-state index contributed by atoms with van der Waals surface area (Å²) in [7, 11) is 1.71. The lowest BCUT2D eigenvalue weighted by atomic mass is 10.1. The molecule has 2 aromatic heterocycles. The third-order valence-electron chi connectivity index (χ3n) is 7.00. The SMILES string of the molecule is CN(Cc1ccccc1NC(=O)N1CCCC1c1nc(-c2ccccc2Br)no1)C(=O)c1cc2ccccc2o1. The minimum atomic E-state index is -0.326. The van der Waals surface area contributed by atoms with Crippen LogP contribution in [-0.4, -0.2) is 45.5 Å². The van der Waals surface area contributed by atoms with E-state index in [0.29, 0.717) is 29.5 Å². The van der Waals surface area contributed by atoms with Crippen LogP contribution in [0.4, 0.5) is 10.5 Å². The van der Waals surface area contributed by atoms with Crippen molar-refractivity contribution >= 4 is 44.5 Å². The number of para-hydroxylation sites is 2. The molecule has 1 fully saturated rings. The van der Waals surface area contributed by atoms with Crippen LogP contribution in [0.15, 0.2) is 92.3 Å². The number of rotatable bonds is 6. The van der Waals surface area contributed by atoms with E-state index < -0.39 is 0 Å². The van der Waals surface area contributed by atoms with Crippen molar-refractivity contribution in [2.75, 3.05) is 18.9 Å². The molecular weight excluding hydrogens is 574 g/mol. The fourth-order valence-electron chi connectivity index (χ4n) is 4.96. The van der Waals surface area contributed by atoms with Gasteiger partial charge in [-0.2, -0.15) is 4.98 Å². The van der Waals surface area contributed by atoms with E-state index in [4.69, 9.17) is 8.94 Å². The van der Waals surface area contributed by atoms with E-state index in [2.05, 4.69) is 31.4 Å². The van der Waals surface area contributed by atoms with E-state index in [9.17, 15) is 9.59 Å². The molecule has 40 heavy (non-hydrogen) atoms. The second-order valence-corrected chi connectivity index (χ2v) is 10.5. The van der Waals surface area contributed by atoms with Crippen molar-refractivity contribution in [1.29, 1.82) is 0 Å². The summed E-state index contributed by atoms with van der Waals surface area (Å²) >= 11 is 3.53. The van der Waals surface area contributed by atoms with E-state index in [0.717, 1.165) is 33.8 Å². The normalized spacial score (nSPS) is 14.9. The zero-order chi connectivity index (χ0) is 27.6. The van der Waals surface area contributed by atoms with Gasteiger partial charge in [0.05, 0.1) is 0 Å². The molecule has 0 spiro atoms. The van der Waals surface area contributed by atoms with Crippen molar-refractivity contribution in [2.45, 2.75) is 25.4 Å². The zero-order valence-corrected chi connectivity index (χ0v) is 23.3. The highest BCUT2D eigenvalue weighted by Gasteiger charge is 2.34. The van der Waals surface area contributed by atoms with Crippen LogP contribution in [0, 0.1) is 0 Å². The number of hydrogen-bond acceptors (Lipinski definition) is 6. The summed E-state index contributed by atoms with van der Waals surface area (Å²) in [4.78, 5) is 34.4. The molecule has 0 radical (unpaired) electrons. The Morgan fingerprint density at radius 3 is 2.70 bits per heavy atom. The molecule has 3 amide bonds. The number of carbonyl (C=O) groups is 2. The number of nitrogens with one attached hydrogen (secondary N) is 1. The van der Waals surface area contributed by atoms with E-state index in [1.807, 2.05) is 72.8 Å². The van der Waals surface area contributed by atoms with Crippen LogP contribution in [0.1, 0.15) is 40.9 Å². The molecule has 3 heterocycles. The van der Waals surface area contributed by atoms with Crippen LogP contribution in [0.3, 0.4) is 0 Å². The summed E-state index contributed by atoms with van der Waals surface area (Å²) < 4.78 is 12.2. The molecule has 5 aromatic rings. The third kappa shape index (κ3) is 5.10. The predicted octanol–water partition coefficient (Wildman–Crippen LogP) is 6.89. The molecule has 1 atom stereocenters. The number of benzene rings is 3. The quantitative estimate of drug-likeness (QED) is 0.228. The van der Waals surface area contributed by atoms with Gasteiger partial charge in [0.1, 0.15) is 11.6 Å². The van der Waals surface area contributed by atoms with Crippen LogP contribution in [0.5, 0.6) is 0 Å². The molecule has 1 unspecified atom stereocenters. The van der Waals surface area contributed by atoms with Crippen LogP contribution in [0.2, 0.25) is 0 Å². The van der Waals surface area contributed by atoms with Gasteiger partial charge in [-0.15, -0.1) is 0 Å². The molecule has 0 bridgehead atoms. The molecule has 6 rings (SSSR count). The molecule has 202 valence electrons. The van der Waals surface area contributed by atoms with Gasteiger partial charge in [-0.25, -0.2) is 4.79 Å². The summed E-state index contributed by atoms with van der Waals surface area (Å²) in [5.74, 6) is 0.904. The molecule has 1 saturated heterocycles. The minimum absolute atomic E-state index is 0.241. The van der Waals surface area contributed by atoms with Crippen molar-refractivity contribution < 1.29 is 18.5 Å². The molecular formula is C30H26BrN5O4. The highest BCUT2D eigenvalue weighted by molar-refractivity contribution is 9.10. The molecule has 0 saturated carbocycles. The van der Waals surface area contributed by atoms with Gasteiger partial charge >= 0.3 is 6.03 Å². The second-order valence-electron chi connectivity index (χ2n) is 9.68. The smallest absolute Gasteiger partial charge is 0.322 e. The molecule has 3 aromatic carbocycles. The number of fused-ring (bicyclic) bond motifs is 1. The van der Waals surface area contributed by atoms with Gasteiger partial charge < -0.3 is 24.1 Å². The molecule has 1 aliphatic rings. The van der Waals surface area contributed by atoms with Crippen LogP contribution >= 0.6 is 15.9 Å². The Morgan fingerprint density at radius 1 is 1.07 bits per heavy atom. The Balaban J connectivity index is 1.16. The Kier molecular flexibility index (Phi) is 7.08. The van der Waals surface area contributed by atoms with Crippen molar-refractivity contribution in [1.82, 2.24) is 19.9 Å². The maximum absolute atomic E-state index is 13.4. The van der Waals surface area contributed by atoms with E-state index in [-0.39, 0.29) is 30.3 Å². The lowest BCUT2D eigenvalue weighted by molar-refractivity contribution is 0.0756. The predicted molar refractivity (Wildman–Crippen MR) is 154 cm³/mol. The fraction of sp³-hybridized carbons (Fsp3) is 0.200. The van der Waals surface area contributed by atoms with E-state index in [1.54, 1.807) is 22.9 Å². The average Bonchev–Trinajstić information content (AvgIpc) is 3.73. The second kappa shape index (κ2) is 11.0. The Morgan fingerprint density at radius 2 is 1.85 bits per heavy atom. The van der Waals surface area contributed by atoms with Crippen LogP contribution in [0.25, 0.3) is 22.4 Å². The molecule has 9 nitrogen and oxygen atoms in total. The highest BCUT2D eigenvalue weighted by atomic mass is 79.9. The Hall–Kier alpha value is -4.44. The van der Waals surface area contributed by atoms with Gasteiger partial charge in [0.15, 0.2) is 5.76 Å². The first-order valence-electron chi connectivity index (χ1n) is 13.0. The highest BCUT2D eigenvalue weighted by Crippen LogP contribution is 2.34. The summed E-state index contributed by atoms with van der Waals surface area (Å²) in [6.45, 7) is 0.852. The first kappa shape index (κ1) is 25.8. The fourth-order valence-corrected chi connectivity index (χ4v) is 5.42. The summed E-state index contributed by atoms with van der Waals surface area (Å²) in [5, 5.41) is 8.06. The number of urea groups is 1. The van der Waals surface area contributed by atoms with Crippen LogP contribution in [-0.2, 0) is 6.54 Å². The standard InChI is InChI=1S/C30H26BrN5O4/c1-35(29(37)26-17-19-9-3-7-15-25(19)39-26)18-20-10-2-6-13-23(20)32-30(38)36-16-8-14-24(36)28-33-27(34-40-28)21-11-4-5-12-22(21)31/h2-7,9-13,15,17,24H,8,14,16,18H2,1H3,(H,32,38). The van der Waals surface area contributed by atoms with Gasteiger partial charge in [0, 0.05) is 41.2 Å². The number of carbonyl (C=O) groups excluding carboxylic acids is 2. The number of anilines is 1. The maximum Gasteiger partial charge on any atom is 0.322 e. The van der Waals surface area contributed by atoms with Gasteiger partial charge in [-0.05, 0) is 48.7 Å². The topological polar surface area (TPSA) is 105 Å². The lowest BCUT2D eigenvalue weighted by Crippen LogP contribution is -2.35. The number of hydrogen-bond donors (Lipinski definition) is 1. The number of nitrogens with zero attached hydrogens (tertiary/aromatic N) is 4. The lowest BCUT2D eigenvalue weighted by Gasteiger charge is -2.24. The first-order chi connectivity index (χ1) is 19.5. The van der Waals surface area contributed by atoms with Gasteiger partial charge in [-0.3, -0.25) is 4.79 Å². The largest absolute Gasteiger partial charge is 0.451 e. The molecule has 10 heteroatoms. The van der Waals surface area contributed by atoms with E-state index in [1.165, 1.54) is 0 Å². The Bertz CT molecular complexity index is 1660. The maximum atomic E-state index is 13.4. The van der Waals surface area contributed by atoms with Crippen molar-refractivity contribution in [3.05, 3.63) is 101 Å². The zero-order valence-electron chi connectivity index (χ0n) is 21.7. The summed E-state index contributed by atoms with van der Waals surface area (Å²) in [6.07, 6.45) is 1.54. The Labute approximate surface area is 238 Å². The average molecular weight is 600 g/mol. The number of furan rings is 1.